The molecule has 0 aromatic rings. The molecule has 0 fully saturated rings. The number of hydrogen-bond acceptors (Lipinski definition) is 2. The smallest absolute Gasteiger partial charge is 0.563 e. The van der Waals surface area contributed by atoms with Crippen molar-refractivity contribution in [2.75, 3.05) is 14.1 Å². The van der Waals surface area contributed by atoms with Crippen molar-refractivity contribution in [3.05, 3.63) is 19.1 Å². The minimum absolute atomic E-state index is 0. The summed E-state index contributed by atoms with van der Waals surface area (Å²) in [6.07, 6.45) is 3.89. The fraction of sp³-hybridized carbons (Fsp3) is 0.400. The molecular weight excluding hydrogens is 215 g/mol. The summed E-state index contributed by atoms with van der Waals surface area (Å²) >= 11 is 0. The minimum atomic E-state index is 0. The summed E-state index contributed by atoms with van der Waals surface area (Å²) in [5, 5.41) is 0. The number of nitrogens with zero attached hydrogens (tertiary/aromatic N) is 2. The Morgan fingerprint density at radius 3 is 1.62 bits per heavy atom. The van der Waals surface area contributed by atoms with E-state index in [1.54, 1.807) is 0 Å². The predicted octanol–water partition coefficient (Wildman–Crippen LogP) is -2.66. The van der Waals surface area contributed by atoms with Crippen LogP contribution in [0.1, 0.15) is 0 Å². The lowest BCUT2D eigenvalue weighted by Gasteiger charge is -1.87. The van der Waals surface area contributed by atoms with Gasteiger partial charge in [-0.05, 0) is 0 Å². The first kappa shape index (κ1) is 7.94. The van der Waals surface area contributed by atoms with Crippen LogP contribution >= 0.6 is 0 Å². The quantitative estimate of drug-likeness (QED) is 0.326. The number of rotatable bonds is 0. The molecule has 0 aromatic carbocycles. The van der Waals surface area contributed by atoms with E-state index in [0.717, 1.165) is 0 Å². The average Bonchev–Trinajstić information content (AvgIpc) is 1.87. The predicted molar refractivity (Wildman–Crippen MR) is 27.9 cm³/mol. The molecule has 0 amide bonds. The SMILES string of the molecule is CN1[C+]N(C)C=C1.[I-]. The van der Waals surface area contributed by atoms with Crippen LogP contribution < -0.4 is 24.0 Å². The van der Waals surface area contributed by atoms with E-state index in [1.165, 1.54) is 0 Å². The summed E-state index contributed by atoms with van der Waals surface area (Å²) in [6.45, 7) is 2.97. The molecule has 1 aliphatic heterocycles. The Morgan fingerprint density at radius 1 is 1.12 bits per heavy atom. The van der Waals surface area contributed by atoms with Gasteiger partial charge in [-0.2, -0.15) is 0 Å². The Kier molecular flexibility index (Phi) is 3.04. The van der Waals surface area contributed by atoms with Gasteiger partial charge in [0.15, 0.2) is 0 Å². The van der Waals surface area contributed by atoms with Crippen LogP contribution in [0.15, 0.2) is 12.4 Å². The van der Waals surface area contributed by atoms with E-state index in [-0.39, 0.29) is 24.0 Å². The van der Waals surface area contributed by atoms with Gasteiger partial charge in [-0.25, -0.2) is 0 Å². The van der Waals surface area contributed by atoms with Crippen LogP contribution in [-0.4, -0.2) is 23.9 Å². The Bertz CT molecular complexity index is 82.4. The summed E-state index contributed by atoms with van der Waals surface area (Å²) in [5.74, 6) is 0. The second-order valence-corrected chi connectivity index (χ2v) is 1.62. The second kappa shape index (κ2) is 3.06. The third kappa shape index (κ3) is 1.81. The van der Waals surface area contributed by atoms with Crippen molar-refractivity contribution < 1.29 is 24.0 Å². The van der Waals surface area contributed by atoms with E-state index in [0.29, 0.717) is 0 Å². The van der Waals surface area contributed by atoms with E-state index >= 15 is 0 Å². The van der Waals surface area contributed by atoms with Crippen LogP contribution in [0, 0.1) is 6.67 Å². The van der Waals surface area contributed by atoms with Crippen LogP contribution in [-0.2, 0) is 0 Å². The Hall–Kier alpha value is -0.0600. The lowest BCUT2D eigenvalue weighted by molar-refractivity contribution is -0.00000153. The molecule has 1 heterocycles. The largest absolute Gasteiger partial charge is 1.00 e. The van der Waals surface area contributed by atoms with Gasteiger partial charge in [-0.3, -0.25) is 0 Å². The molecule has 0 bridgehead atoms. The molecule has 8 heavy (non-hydrogen) atoms. The zero-order valence-electron chi connectivity index (χ0n) is 4.93. The van der Waals surface area contributed by atoms with Gasteiger partial charge in [0, 0.05) is 0 Å². The normalized spacial score (nSPS) is 15.8. The van der Waals surface area contributed by atoms with E-state index < -0.39 is 0 Å². The van der Waals surface area contributed by atoms with Crippen molar-refractivity contribution in [1.29, 1.82) is 0 Å². The van der Waals surface area contributed by atoms with Gasteiger partial charge >= 0.3 is 6.67 Å². The van der Waals surface area contributed by atoms with Gasteiger partial charge in [-0.15, -0.1) is 9.80 Å². The molecule has 0 spiro atoms. The zero-order valence-corrected chi connectivity index (χ0v) is 7.08. The van der Waals surface area contributed by atoms with Crippen LogP contribution in [0.2, 0.25) is 0 Å². The summed E-state index contributed by atoms with van der Waals surface area (Å²) in [5.41, 5.74) is 0. The molecule has 0 unspecified atom stereocenters. The van der Waals surface area contributed by atoms with Gasteiger partial charge < -0.3 is 24.0 Å². The van der Waals surface area contributed by atoms with Crippen LogP contribution in [0.4, 0.5) is 0 Å². The highest BCUT2D eigenvalue weighted by molar-refractivity contribution is 4.92. The minimum Gasteiger partial charge on any atom is -1.00 e. The second-order valence-electron chi connectivity index (χ2n) is 1.62. The van der Waals surface area contributed by atoms with Gasteiger partial charge in [0.25, 0.3) is 0 Å². The molecule has 1 rings (SSSR count). The lowest BCUT2D eigenvalue weighted by Crippen LogP contribution is -3.00. The van der Waals surface area contributed by atoms with Gasteiger partial charge in [0.1, 0.15) is 0 Å². The first-order chi connectivity index (χ1) is 3.29. The van der Waals surface area contributed by atoms with Crippen LogP contribution in [0.5, 0.6) is 0 Å². The molecule has 0 aliphatic carbocycles. The monoisotopic (exact) mass is 223 g/mol. The molecular formula is C5H8IN2. The highest BCUT2D eigenvalue weighted by Gasteiger charge is 2.22. The van der Waals surface area contributed by atoms with Crippen molar-refractivity contribution in [2.24, 2.45) is 0 Å². The zero-order chi connectivity index (χ0) is 5.28. The summed E-state index contributed by atoms with van der Waals surface area (Å²) in [4.78, 5) is 3.75. The van der Waals surface area contributed by atoms with Gasteiger partial charge in [-0.1, -0.05) is 0 Å². The van der Waals surface area contributed by atoms with E-state index in [1.807, 2.05) is 36.3 Å². The third-order valence-electron chi connectivity index (χ3n) is 0.829. The van der Waals surface area contributed by atoms with E-state index in [9.17, 15) is 0 Å². The summed E-state index contributed by atoms with van der Waals surface area (Å²) < 4.78 is 0. The van der Waals surface area contributed by atoms with Crippen LogP contribution in [0.3, 0.4) is 0 Å². The number of halogens is 1. The standard InChI is InChI=1S/C5H8N2.HI/c1-6-3-4-7(2)5-6;/h3-4H,1-2H3;1H/q+1;/p-1. The topological polar surface area (TPSA) is 6.48 Å². The highest BCUT2D eigenvalue weighted by atomic mass is 127. The first-order valence-corrected chi connectivity index (χ1v) is 2.19. The molecule has 0 aromatic heterocycles. The fourth-order valence-electron chi connectivity index (χ4n) is 0.515. The molecule has 0 saturated heterocycles. The maximum absolute atomic E-state index is 2.97. The highest BCUT2D eigenvalue weighted by Crippen LogP contribution is 2.03. The summed E-state index contributed by atoms with van der Waals surface area (Å²) in [6, 6.07) is 0. The number of hydrogen-bond donors (Lipinski definition) is 0. The van der Waals surface area contributed by atoms with E-state index in [2.05, 4.69) is 6.67 Å². The van der Waals surface area contributed by atoms with Gasteiger partial charge in [0.2, 0.25) is 0 Å². The Morgan fingerprint density at radius 2 is 1.50 bits per heavy atom. The van der Waals surface area contributed by atoms with Crippen molar-refractivity contribution in [2.45, 2.75) is 0 Å². The van der Waals surface area contributed by atoms with Crippen molar-refractivity contribution in [1.82, 2.24) is 9.80 Å². The molecule has 1 radical (unpaired) electrons. The van der Waals surface area contributed by atoms with Crippen LogP contribution in [0.25, 0.3) is 0 Å². The molecule has 3 heteroatoms. The van der Waals surface area contributed by atoms with Crippen molar-refractivity contribution in [3.8, 4) is 0 Å². The van der Waals surface area contributed by atoms with Crippen molar-refractivity contribution in [3.63, 3.8) is 0 Å². The average molecular weight is 223 g/mol. The molecule has 45 valence electrons. The lowest BCUT2D eigenvalue weighted by atomic mass is 10.9. The molecule has 0 N–H and O–H groups in total. The summed E-state index contributed by atoms with van der Waals surface area (Å²) in [7, 11) is 3.89. The molecule has 1 aliphatic rings. The first-order valence-electron chi connectivity index (χ1n) is 2.19. The molecule has 2 nitrogen and oxygen atoms in total. The maximum atomic E-state index is 2.97. The van der Waals surface area contributed by atoms with Gasteiger partial charge in [0.05, 0.1) is 26.5 Å². The Balaban J connectivity index is 0.000000490. The maximum Gasteiger partial charge on any atom is 0.563 e. The fourth-order valence-corrected chi connectivity index (χ4v) is 0.515. The third-order valence-corrected chi connectivity index (χ3v) is 0.829. The van der Waals surface area contributed by atoms with E-state index in [4.69, 9.17) is 0 Å². The molecule has 0 saturated carbocycles. The molecule has 0 atom stereocenters. The Labute approximate surface area is 67.2 Å². The van der Waals surface area contributed by atoms with Crippen molar-refractivity contribution >= 4 is 0 Å².